The third kappa shape index (κ3) is 8.74. The molecule has 0 unspecified atom stereocenters. The number of hydrogen-bond donors (Lipinski definition) is 2. The smallest absolute Gasteiger partial charge is 0.191 e. The molecule has 0 aliphatic carbocycles. The summed E-state index contributed by atoms with van der Waals surface area (Å²) in [5.74, 6) is 0.788. The molecule has 2 N–H and O–H groups in total. The van der Waals surface area contributed by atoms with Crippen molar-refractivity contribution in [1.82, 2.24) is 10.6 Å². The molecular formula is C22H30ClN3O2. The minimum atomic E-state index is 0.583. The number of nitrogens with one attached hydrogen (secondary N) is 2. The molecule has 0 heterocycles. The molecule has 5 nitrogen and oxygen atoms in total. The van der Waals surface area contributed by atoms with Gasteiger partial charge in [-0.2, -0.15) is 0 Å². The van der Waals surface area contributed by atoms with Crippen molar-refractivity contribution in [2.24, 2.45) is 4.99 Å². The molecule has 0 bridgehead atoms. The second-order valence-corrected chi connectivity index (χ2v) is 6.68. The van der Waals surface area contributed by atoms with Gasteiger partial charge < -0.3 is 20.1 Å². The van der Waals surface area contributed by atoms with Crippen molar-refractivity contribution >= 4 is 17.6 Å². The summed E-state index contributed by atoms with van der Waals surface area (Å²) < 4.78 is 10.9. The van der Waals surface area contributed by atoms with Crippen LogP contribution in [0, 0.1) is 0 Å². The minimum Gasteiger partial charge on any atom is -0.379 e. The fourth-order valence-electron chi connectivity index (χ4n) is 2.57. The van der Waals surface area contributed by atoms with E-state index in [9.17, 15) is 0 Å². The van der Waals surface area contributed by atoms with Crippen LogP contribution in [0.1, 0.15) is 30.5 Å². The summed E-state index contributed by atoms with van der Waals surface area (Å²) in [6.45, 7) is 8.67. The van der Waals surface area contributed by atoms with E-state index in [-0.39, 0.29) is 0 Å². The lowest BCUT2D eigenvalue weighted by atomic mass is 10.1. The average Bonchev–Trinajstić information content (AvgIpc) is 2.71. The molecular weight excluding hydrogens is 374 g/mol. The highest BCUT2D eigenvalue weighted by Crippen LogP contribution is 2.10. The molecule has 0 atom stereocenters. The van der Waals surface area contributed by atoms with E-state index in [4.69, 9.17) is 21.1 Å². The number of aliphatic imine (C=N–C) groups is 1. The Labute approximate surface area is 173 Å². The van der Waals surface area contributed by atoms with E-state index < -0.39 is 0 Å². The van der Waals surface area contributed by atoms with Crippen LogP contribution in [-0.4, -0.2) is 32.3 Å². The van der Waals surface area contributed by atoms with Gasteiger partial charge in [0.15, 0.2) is 5.96 Å². The second-order valence-electron chi connectivity index (χ2n) is 6.24. The van der Waals surface area contributed by atoms with E-state index in [1.165, 1.54) is 0 Å². The maximum atomic E-state index is 5.94. The quantitative estimate of drug-likeness (QED) is 0.336. The van der Waals surface area contributed by atoms with E-state index in [1.807, 2.05) is 37.3 Å². The van der Waals surface area contributed by atoms with Gasteiger partial charge in [-0.15, -0.1) is 0 Å². The van der Waals surface area contributed by atoms with Crippen molar-refractivity contribution in [1.29, 1.82) is 0 Å². The molecule has 2 aromatic carbocycles. The van der Waals surface area contributed by atoms with Gasteiger partial charge in [-0.25, -0.2) is 4.99 Å². The highest BCUT2D eigenvalue weighted by atomic mass is 35.5. The Hall–Kier alpha value is -2.08. The minimum absolute atomic E-state index is 0.583. The first-order valence-corrected chi connectivity index (χ1v) is 10.1. The fraction of sp³-hybridized carbons (Fsp3) is 0.409. The Bertz CT molecular complexity index is 720. The predicted molar refractivity (Wildman–Crippen MR) is 116 cm³/mol. The topological polar surface area (TPSA) is 54.9 Å². The maximum absolute atomic E-state index is 5.94. The average molecular weight is 404 g/mol. The molecule has 0 radical (unpaired) electrons. The number of ether oxygens (including phenoxy) is 2. The number of rotatable bonds is 11. The lowest BCUT2D eigenvalue weighted by Crippen LogP contribution is -2.36. The third-order valence-corrected chi connectivity index (χ3v) is 4.23. The van der Waals surface area contributed by atoms with Gasteiger partial charge in [0.05, 0.1) is 26.4 Å². The van der Waals surface area contributed by atoms with Crippen molar-refractivity contribution in [2.75, 3.05) is 26.4 Å². The monoisotopic (exact) mass is 403 g/mol. The van der Waals surface area contributed by atoms with Crippen LogP contribution in [0.15, 0.2) is 53.5 Å². The zero-order valence-electron chi connectivity index (χ0n) is 16.7. The molecule has 152 valence electrons. The van der Waals surface area contributed by atoms with Gasteiger partial charge in [-0.1, -0.05) is 48.0 Å². The lowest BCUT2D eigenvalue weighted by molar-refractivity contribution is 0.0453. The van der Waals surface area contributed by atoms with Crippen LogP contribution in [0.25, 0.3) is 0 Å². The highest BCUT2D eigenvalue weighted by Gasteiger charge is 2.01. The van der Waals surface area contributed by atoms with E-state index in [1.54, 1.807) is 0 Å². The first kappa shape index (κ1) is 22.2. The molecule has 0 fully saturated rings. The molecule has 2 aromatic rings. The SMILES string of the molecule is CCNC(=NCc1cccc(COCCOCC)c1)NCc1ccc(Cl)cc1. The van der Waals surface area contributed by atoms with Crippen molar-refractivity contribution in [3.8, 4) is 0 Å². The summed E-state index contributed by atoms with van der Waals surface area (Å²) in [6.07, 6.45) is 0. The van der Waals surface area contributed by atoms with Gasteiger partial charge in [0, 0.05) is 24.7 Å². The number of hydrogen-bond acceptors (Lipinski definition) is 3. The Kier molecular flexibility index (Phi) is 10.4. The van der Waals surface area contributed by atoms with Crippen molar-refractivity contribution in [3.63, 3.8) is 0 Å². The molecule has 0 aromatic heterocycles. The highest BCUT2D eigenvalue weighted by molar-refractivity contribution is 6.30. The number of guanidine groups is 1. The molecule has 2 rings (SSSR count). The summed E-state index contributed by atoms with van der Waals surface area (Å²) in [5, 5.41) is 7.37. The van der Waals surface area contributed by atoms with E-state index in [0.29, 0.717) is 32.9 Å². The number of benzene rings is 2. The molecule has 6 heteroatoms. The van der Waals surface area contributed by atoms with Gasteiger partial charge in [-0.3, -0.25) is 0 Å². The van der Waals surface area contributed by atoms with Crippen LogP contribution in [0.2, 0.25) is 5.02 Å². The summed E-state index contributed by atoms with van der Waals surface area (Å²) in [7, 11) is 0. The van der Waals surface area contributed by atoms with Crippen LogP contribution in [0.3, 0.4) is 0 Å². The Morgan fingerprint density at radius 1 is 0.929 bits per heavy atom. The van der Waals surface area contributed by atoms with Gasteiger partial charge in [0.1, 0.15) is 0 Å². The van der Waals surface area contributed by atoms with E-state index in [2.05, 4.69) is 40.7 Å². The summed E-state index contributed by atoms with van der Waals surface area (Å²) >= 11 is 5.94. The number of nitrogens with zero attached hydrogens (tertiary/aromatic N) is 1. The molecule has 28 heavy (non-hydrogen) atoms. The van der Waals surface area contributed by atoms with Crippen LogP contribution in [-0.2, 0) is 29.2 Å². The summed E-state index contributed by atoms with van der Waals surface area (Å²) in [5.41, 5.74) is 3.44. The van der Waals surface area contributed by atoms with Crippen molar-refractivity contribution in [3.05, 3.63) is 70.2 Å². The van der Waals surface area contributed by atoms with Crippen molar-refractivity contribution < 1.29 is 9.47 Å². The van der Waals surface area contributed by atoms with Gasteiger partial charge >= 0.3 is 0 Å². The van der Waals surface area contributed by atoms with Crippen molar-refractivity contribution in [2.45, 2.75) is 33.5 Å². The Morgan fingerprint density at radius 2 is 1.68 bits per heavy atom. The van der Waals surface area contributed by atoms with Crippen LogP contribution >= 0.6 is 11.6 Å². The van der Waals surface area contributed by atoms with Crippen LogP contribution in [0.4, 0.5) is 0 Å². The Morgan fingerprint density at radius 3 is 2.43 bits per heavy atom. The second kappa shape index (κ2) is 13.2. The summed E-state index contributed by atoms with van der Waals surface area (Å²) in [6, 6.07) is 16.1. The molecule has 0 aliphatic rings. The normalized spacial score (nSPS) is 11.5. The molecule has 0 spiro atoms. The van der Waals surface area contributed by atoms with Crippen LogP contribution < -0.4 is 10.6 Å². The number of halogens is 1. The van der Waals surface area contributed by atoms with E-state index >= 15 is 0 Å². The van der Waals surface area contributed by atoms with Crippen LogP contribution in [0.5, 0.6) is 0 Å². The van der Waals surface area contributed by atoms with Gasteiger partial charge in [0.25, 0.3) is 0 Å². The fourth-order valence-corrected chi connectivity index (χ4v) is 2.70. The largest absolute Gasteiger partial charge is 0.379 e. The first-order chi connectivity index (χ1) is 13.7. The first-order valence-electron chi connectivity index (χ1n) is 9.71. The van der Waals surface area contributed by atoms with E-state index in [0.717, 1.165) is 40.8 Å². The zero-order valence-corrected chi connectivity index (χ0v) is 17.5. The molecule has 0 saturated heterocycles. The van der Waals surface area contributed by atoms with Gasteiger partial charge in [0.2, 0.25) is 0 Å². The summed E-state index contributed by atoms with van der Waals surface area (Å²) in [4.78, 5) is 4.69. The predicted octanol–water partition coefficient (Wildman–Crippen LogP) is 4.15. The molecule has 0 aliphatic heterocycles. The molecule has 0 amide bonds. The lowest BCUT2D eigenvalue weighted by Gasteiger charge is -2.12. The van der Waals surface area contributed by atoms with Gasteiger partial charge in [-0.05, 0) is 42.7 Å². The standard InChI is InChI=1S/C22H30ClN3O2/c1-3-24-22(25-15-18-8-10-21(23)11-9-18)26-16-19-6-5-7-20(14-19)17-28-13-12-27-4-2/h5-11,14H,3-4,12-13,15-17H2,1-2H3,(H2,24,25,26). The Balaban J connectivity index is 1.87. The third-order valence-electron chi connectivity index (χ3n) is 3.97. The maximum Gasteiger partial charge on any atom is 0.191 e. The molecule has 0 saturated carbocycles. The zero-order chi connectivity index (χ0) is 20.0.